The van der Waals surface area contributed by atoms with Gasteiger partial charge in [0, 0.05) is 19.3 Å². The number of nitrogens with zero attached hydrogens (tertiary/aromatic N) is 3. The van der Waals surface area contributed by atoms with E-state index in [4.69, 9.17) is 15.7 Å². The van der Waals surface area contributed by atoms with E-state index in [1.165, 1.54) is 0 Å². The van der Waals surface area contributed by atoms with Crippen LogP contribution < -0.4 is 10.6 Å². The molecule has 0 aromatic carbocycles. The molecule has 0 radical (unpaired) electrons. The number of anilines is 2. The molecule has 1 aromatic rings. The molecule has 0 saturated carbocycles. The van der Waals surface area contributed by atoms with Crippen LogP contribution >= 0.6 is 0 Å². The van der Waals surface area contributed by atoms with Crippen LogP contribution in [0.3, 0.4) is 0 Å². The zero-order valence-corrected chi connectivity index (χ0v) is 10.1. The number of nitrogens with two attached hydrogens (primary N) is 1. The van der Waals surface area contributed by atoms with E-state index < -0.39 is 0 Å². The maximum atomic E-state index is 8.94. The van der Waals surface area contributed by atoms with Crippen molar-refractivity contribution in [3.8, 4) is 6.07 Å². The van der Waals surface area contributed by atoms with Crippen molar-refractivity contribution in [2.24, 2.45) is 0 Å². The maximum absolute atomic E-state index is 8.94. The van der Waals surface area contributed by atoms with Crippen molar-refractivity contribution in [3.63, 3.8) is 0 Å². The summed E-state index contributed by atoms with van der Waals surface area (Å²) >= 11 is 0. The Hall–Kier alpha value is -1.80. The van der Waals surface area contributed by atoms with Gasteiger partial charge in [0.15, 0.2) is 5.82 Å². The van der Waals surface area contributed by atoms with Gasteiger partial charge in [-0.1, -0.05) is 0 Å². The Morgan fingerprint density at radius 3 is 3.00 bits per heavy atom. The molecule has 17 heavy (non-hydrogen) atoms. The summed E-state index contributed by atoms with van der Waals surface area (Å²) < 4.78 is 5.64. The van der Waals surface area contributed by atoms with E-state index in [1.54, 1.807) is 12.3 Å². The number of pyridine rings is 1. The van der Waals surface area contributed by atoms with Gasteiger partial charge in [0.05, 0.1) is 23.5 Å². The second-order valence-electron chi connectivity index (χ2n) is 4.74. The van der Waals surface area contributed by atoms with E-state index in [1.807, 2.05) is 13.8 Å². The number of nitrogen functional groups attached to an aromatic ring is 1. The molecule has 0 spiro atoms. The summed E-state index contributed by atoms with van der Waals surface area (Å²) in [6.45, 7) is 6.17. The number of rotatable bonds is 1. The number of ether oxygens (including phenoxy) is 1. The van der Waals surface area contributed by atoms with Crippen LogP contribution in [-0.2, 0) is 4.74 Å². The van der Waals surface area contributed by atoms with Gasteiger partial charge in [-0.25, -0.2) is 4.98 Å². The Bertz CT molecular complexity index is 464. The first-order valence-electron chi connectivity index (χ1n) is 5.57. The minimum Gasteiger partial charge on any atom is -0.395 e. The van der Waals surface area contributed by atoms with E-state index in [2.05, 4.69) is 16.0 Å². The molecule has 2 rings (SSSR count). The Morgan fingerprint density at radius 1 is 1.59 bits per heavy atom. The second-order valence-corrected chi connectivity index (χ2v) is 4.74. The van der Waals surface area contributed by atoms with Gasteiger partial charge >= 0.3 is 0 Å². The van der Waals surface area contributed by atoms with Gasteiger partial charge in [0.25, 0.3) is 0 Å². The number of hydrogen-bond acceptors (Lipinski definition) is 5. The molecule has 2 N–H and O–H groups in total. The molecule has 1 aliphatic heterocycles. The highest BCUT2D eigenvalue weighted by molar-refractivity contribution is 5.70. The highest BCUT2D eigenvalue weighted by Crippen LogP contribution is 2.27. The highest BCUT2D eigenvalue weighted by Gasteiger charge is 2.29. The molecular weight excluding hydrogens is 216 g/mol. The van der Waals surface area contributed by atoms with Crippen LogP contribution in [0, 0.1) is 11.3 Å². The van der Waals surface area contributed by atoms with E-state index in [-0.39, 0.29) is 5.60 Å². The molecule has 0 amide bonds. The van der Waals surface area contributed by atoms with Crippen LogP contribution in [0.25, 0.3) is 0 Å². The van der Waals surface area contributed by atoms with Crippen molar-refractivity contribution in [2.45, 2.75) is 19.4 Å². The van der Waals surface area contributed by atoms with Crippen molar-refractivity contribution in [2.75, 3.05) is 30.3 Å². The number of hydrogen-bond donors (Lipinski definition) is 1. The molecule has 5 nitrogen and oxygen atoms in total. The van der Waals surface area contributed by atoms with E-state index in [0.29, 0.717) is 23.7 Å². The SMILES string of the molecule is CC1(C)CN(c2nccc(C#N)c2N)CCO1. The van der Waals surface area contributed by atoms with Crippen LogP contribution in [0.4, 0.5) is 11.5 Å². The van der Waals surface area contributed by atoms with Gasteiger partial charge in [0.2, 0.25) is 0 Å². The van der Waals surface area contributed by atoms with Crippen LogP contribution in [0.1, 0.15) is 19.4 Å². The highest BCUT2D eigenvalue weighted by atomic mass is 16.5. The Balaban J connectivity index is 2.32. The quantitative estimate of drug-likeness (QED) is 0.786. The summed E-state index contributed by atoms with van der Waals surface area (Å²) in [4.78, 5) is 6.34. The average molecular weight is 232 g/mol. The molecule has 5 heteroatoms. The van der Waals surface area contributed by atoms with Gasteiger partial charge < -0.3 is 15.4 Å². The lowest BCUT2D eigenvalue weighted by molar-refractivity contribution is -0.0278. The molecule has 90 valence electrons. The summed E-state index contributed by atoms with van der Waals surface area (Å²) in [5.41, 5.74) is 6.66. The molecular formula is C12H16N4O. The Labute approximate surface area is 101 Å². The predicted molar refractivity (Wildman–Crippen MR) is 65.6 cm³/mol. The lowest BCUT2D eigenvalue weighted by Crippen LogP contribution is -2.48. The number of aromatic nitrogens is 1. The van der Waals surface area contributed by atoms with Crippen molar-refractivity contribution < 1.29 is 4.74 Å². The first-order chi connectivity index (χ1) is 8.03. The van der Waals surface area contributed by atoms with Gasteiger partial charge in [-0.15, -0.1) is 0 Å². The number of morpholine rings is 1. The predicted octanol–water partition coefficient (Wildman–Crippen LogP) is 1.15. The average Bonchev–Trinajstić information content (AvgIpc) is 2.28. The molecule has 1 aromatic heterocycles. The van der Waals surface area contributed by atoms with E-state index in [9.17, 15) is 0 Å². The third kappa shape index (κ3) is 2.32. The summed E-state index contributed by atoms with van der Waals surface area (Å²) in [7, 11) is 0. The van der Waals surface area contributed by atoms with Crippen LogP contribution in [0.2, 0.25) is 0 Å². The molecule has 0 bridgehead atoms. The van der Waals surface area contributed by atoms with Gasteiger partial charge in [-0.3, -0.25) is 0 Å². The minimum atomic E-state index is -0.213. The molecule has 1 fully saturated rings. The van der Waals surface area contributed by atoms with Gasteiger partial charge in [-0.2, -0.15) is 5.26 Å². The molecule has 1 aliphatic rings. The summed E-state index contributed by atoms with van der Waals surface area (Å²) in [6.07, 6.45) is 1.62. The lowest BCUT2D eigenvalue weighted by Gasteiger charge is -2.39. The van der Waals surface area contributed by atoms with Crippen molar-refractivity contribution >= 4 is 11.5 Å². The maximum Gasteiger partial charge on any atom is 0.153 e. The Kier molecular flexibility index (Phi) is 2.90. The van der Waals surface area contributed by atoms with E-state index >= 15 is 0 Å². The van der Waals surface area contributed by atoms with Crippen LogP contribution in [0.5, 0.6) is 0 Å². The van der Waals surface area contributed by atoms with E-state index in [0.717, 1.165) is 13.1 Å². The van der Waals surface area contributed by atoms with Crippen molar-refractivity contribution in [1.29, 1.82) is 5.26 Å². The standard InChI is InChI=1S/C12H16N4O/c1-12(2)8-16(5-6-17-12)11-10(14)9(7-13)3-4-15-11/h3-4H,5-6,8,14H2,1-2H3. The number of nitriles is 1. The Morgan fingerprint density at radius 2 is 2.35 bits per heavy atom. The fourth-order valence-electron chi connectivity index (χ4n) is 2.01. The minimum absolute atomic E-state index is 0.213. The molecule has 1 saturated heterocycles. The van der Waals surface area contributed by atoms with Crippen molar-refractivity contribution in [1.82, 2.24) is 4.98 Å². The molecule has 0 aliphatic carbocycles. The molecule has 0 unspecified atom stereocenters. The first kappa shape index (κ1) is 11.7. The zero-order chi connectivity index (χ0) is 12.5. The summed E-state index contributed by atoms with van der Waals surface area (Å²) in [5.74, 6) is 0.681. The summed E-state index contributed by atoms with van der Waals surface area (Å²) in [5, 5.41) is 8.94. The van der Waals surface area contributed by atoms with Crippen molar-refractivity contribution in [3.05, 3.63) is 17.8 Å². The second kappa shape index (κ2) is 4.22. The first-order valence-corrected chi connectivity index (χ1v) is 5.57. The molecule has 0 atom stereocenters. The van der Waals surface area contributed by atoms with Crippen LogP contribution in [0.15, 0.2) is 12.3 Å². The largest absolute Gasteiger partial charge is 0.395 e. The monoisotopic (exact) mass is 232 g/mol. The zero-order valence-electron chi connectivity index (χ0n) is 10.1. The fourth-order valence-corrected chi connectivity index (χ4v) is 2.01. The van der Waals surface area contributed by atoms with Gasteiger partial charge in [0.1, 0.15) is 6.07 Å². The normalized spacial score (nSPS) is 18.8. The van der Waals surface area contributed by atoms with Crippen LogP contribution in [-0.4, -0.2) is 30.3 Å². The topological polar surface area (TPSA) is 75.2 Å². The fraction of sp³-hybridized carbons (Fsp3) is 0.500. The lowest BCUT2D eigenvalue weighted by atomic mass is 10.1. The third-order valence-corrected chi connectivity index (χ3v) is 2.81. The van der Waals surface area contributed by atoms with Gasteiger partial charge in [-0.05, 0) is 19.9 Å². The third-order valence-electron chi connectivity index (χ3n) is 2.81. The summed E-state index contributed by atoms with van der Waals surface area (Å²) in [6, 6.07) is 3.70. The molecule has 2 heterocycles. The smallest absolute Gasteiger partial charge is 0.153 e.